The highest BCUT2D eigenvalue weighted by atomic mass is 16.5. The van der Waals surface area contributed by atoms with Crippen LogP contribution in [0.4, 0.5) is 0 Å². The number of nitrogens with zero attached hydrogens (tertiary/aromatic N) is 2. The minimum atomic E-state index is -0.442. The molecule has 110 valence electrons. The maximum absolute atomic E-state index is 12.1. The topological polar surface area (TPSA) is 65.2 Å². The lowest BCUT2D eigenvalue weighted by atomic mass is 9.91. The molecule has 5 heteroatoms. The number of carbonyl (C=O) groups is 1. The number of esters is 1. The first-order valence-corrected chi connectivity index (χ1v) is 7.26. The van der Waals surface area contributed by atoms with E-state index < -0.39 is 5.92 Å². The van der Waals surface area contributed by atoms with E-state index in [1.54, 1.807) is 0 Å². The average Bonchev–Trinajstić information content (AvgIpc) is 3.20. The Labute approximate surface area is 123 Å². The molecule has 0 radical (unpaired) electrons. The number of rotatable bonds is 4. The first-order chi connectivity index (χ1) is 10.3. The van der Waals surface area contributed by atoms with Gasteiger partial charge in [0.05, 0.1) is 7.11 Å². The fourth-order valence-corrected chi connectivity index (χ4v) is 2.98. The fourth-order valence-electron chi connectivity index (χ4n) is 2.98. The highest BCUT2D eigenvalue weighted by molar-refractivity contribution is 5.77. The van der Waals surface area contributed by atoms with Crippen molar-refractivity contribution >= 4 is 5.97 Å². The zero-order valence-electron chi connectivity index (χ0n) is 12.0. The van der Waals surface area contributed by atoms with Gasteiger partial charge in [-0.05, 0) is 18.8 Å². The summed E-state index contributed by atoms with van der Waals surface area (Å²) in [6, 6.07) is 9.59. The lowest BCUT2D eigenvalue weighted by molar-refractivity contribution is -0.144. The molecule has 1 aliphatic rings. The largest absolute Gasteiger partial charge is 0.468 e. The predicted octanol–water partition coefficient (Wildman–Crippen LogP) is 3.18. The summed E-state index contributed by atoms with van der Waals surface area (Å²) in [5.74, 6) is 0.388. The van der Waals surface area contributed by atoms with Crippen molar-refractivity contribution in [2.24, 2.45) is 5.92 Å². The van der Waals surface area contributed by atoms with E-state index in [1.165, 1.54) is 7.11 Å². The third-order valence-electron chi connectivity index (χ3n) is 4.07. The van der Waals surface area contributed by atoms with Crippen molar-refractivity contribution in [1.82, 2.24) is 10.1 Å². The molecule has 1 saturated carbocycles. The molecule has 1 aromatic heterocycles. The van der Waals surface area contributed by atoms with E-state index in [0.29, 0.717) is 11.7 Å². The Morgan fingerprint density at radius 1 is 1.29 bits per heavy atom. The van der Waals surface area contributed by atoms with Gasteiger partial charge in [-0.3, -0.25) is 4.79 Å². The lowest BCUT2D eigenvalue weighted by Gasteiger charge is -2.16. The van der Waals surface area contributed by atoms with Gasteiger partial charge < -0.3 is 9.26 Å². The molecular formula is C16H18N2O3. The quantitative estimate of drug-likeness (QED) is 0.808. The van der Waals surface area contributed by atoms with Crippen molar-refractivity contribution < 1.29 is 14.1 Å². The molecule has 1 fully saturated rings. The van der Waals surface area contributed by atoms with Crippen LogP contribution in [-0.4, -0.2) is 23.2 Å². The first kappa shape index (κ1) is 13.8. The maximum atomic E-state index is 12.1. The van der Waals surface area contributed by atoms with E-state index in [-0.39, 0.29) is 11.9 Å². The van der Waals surface area contributed by atoms with E-state index in [4.69, 9.17) is 9.26 Å². The molecule has 1 aromatic carbocycles. The molecule has 2 aromatic rings. The number of hydrogen-bond acceptors (Lipinski definition) is 5. The standard InChI is InChI=1S/C16H18N2O3/c1-20-16(19)13(11-7-5-6-8-11)15-17-14(18-21-15)12-9-3-2-4-10-12/h2-4,9-11,13H,5-8H2,1H3. The molecule has 0 amide bonds. The van der Waals surface area contributed by atoms with Gasteiger partial charge in [0.2, 0.25) is 11.7 Å². The molecule has 1 unspecified atom stereocenters. The number of ether oxygens (including phenoxy) is 1. The molecule has 0 aliphatic heterocycles. The number of methoxy groups -OCH3 is 1. The zero-order chi connectivity index (χ0) is 14.7. The van der Waals surface area contributed by atoms with Crippen LogP contribution in [0.3, 0.4) is 0 Å². The van der Waals surface area contributed by atoms with Crippen LogP contribution in [0, 0.1) is 5.92 Å². The van der Waals surface area contributed by atoms with Gasteiger partial charge in [0.25, 0.3) is 0 Å². The van der Waals surface area contributed by atoms with Crippen LogP contribution in [0.25, 0.3) is 11.4 Å². The molecule has 0 bridgehead atoms. The summed E-state index contributed by atoms with van der Waals surface area (Å²) in [6.45, 7) is 0. The summed E-state index contributed by atoms with van der Waals surface area (Å²) < 4.78 is 10.3. The highest BCUT2D eigenvalue weighted by Crippen LogP contribution is 2.37. The summed E-state index contributed by atoms with van der Waals surface area (Å²) in [4.78, 5) is 16.5. The lowest BCUT2D eigenvalue weighted by Crippen LogP contribution is -2.21. The Morgan fingerprint density at radius 3 is 2.67 bits per heavy atom. The van der Waals surface area contributed by atoms with Crippen LogP contribution in [0.5, 0.6) is 0 Å². The van der Waals surface area contributed by atoms with E-state index in [0.717, 1.165) is 31.2 Å². The van der Waals surface area contributed by atoms with Gasteiger partial charge in [-0.2, -0.15) is 4.98 Å². The van der Waals surface area contributed by atoms with E-state index >= 15 is 0 Å². The Morgan fingerprint density at radius 2 is 2.00 bits per heavy atom. The zero-order valence-corrected chi connectivity index (χ0v) is 12.0. The summed E-state index contributed by atoms with van der Waals surface area (Å²) in [5, 5.41) is 4.00. The van der Waals surface area contributed by atoms with Crippen LogP contribution >= 0.6 is 0 Å². The van der Waals surface area contributed by atoms with Gasteiger partial charge in [-0.15, -0.1) is 0 Å². The second-order valence-electron chi connectivity index (χ2n) is 5.37. The number of benzene rings is 1. The Kier molecular flexibility index (Phi) is 3.99. The van der Waals surface area contributed by atoms with Crippen LogP contribution in [0.1, 0.15) is 37.5 Å². The van der Waals surface area contributed by atoms with Crippen molar-refractivity contribution in [2.45, 2.75) is 31.6 Å². The number of carbonyl (C=O) groups excluding carboxylic acids is 1. The smallest absolute Gasteiger partial charge is 0.318 e. The van der Waals surface area contributed by atoms with Crippen molar-refractivity contribution in [3.63, 3.8) is 0 Å². The van der Waals surface area contributed by atoms with Gasteiger partial charge in [0.1, 0.15) is 5.92 Å². The Balaban J connectivity index is 1.89. The molecule has 0 saturated heterocycles. The summed E-state index contributed by atoms with van der Waals surface area (Å²) in [7, 11) is 1.40. The first-order valence-electron chi connectivity index (χ1n) is 7.26. The molecule has 1 heterocycles. The van der Waals surface area contributed by atoms with Crippen molar-refractivity contribution in [1.29, 1.82) is 0 Å². The normalized spacial score (nSPS) is 16.8. The van der Waals surface area contributed by atoms with Gasteiger partial charge in [0.15, 0.2) is 0 Å². The SMILES string of the molecule is COC(=O)C(c1nc(-c2ccccc2)no1)C1CCCC1. The highest BCUT2D eigenvalue weighted by Gasteiger charge is 2.37. The van der Waals surface area contributed by atoms with Gasteiger partial charge in [0, 0.05) is 5.56 Å². The molecule has 21 heavy (non-hydrogen) atoms. The monoisotopic (exact) mass is 286 g/mol. The van der Waals surface area contributed by atoms with Crippen molar-refractivity contribution in [3.8, 4) is 11.4 Å². The van der Waals surface area contributed by atoms with Crippen LogP contribution in [-0.2, 0) is 9.53 Å². The number of hydrogen-bond donors (Lipinski definition) is 0. The molecule has 1 aliphatic carbocycles. The van der Waals surface area contributed by atoms with E-state index in [2.05, 4.69) is 10.1 Å². The fraction of sp³-hybridized carbons (Fsp3) is 0.438. The summed E-state index contributed by atoms with van der Waals surface area (Å²) in [5.41, 5.74) is 0.877. The molecule has 5 nitrogen and oxygen atoms in total. The average molecular weight is 286 g/mol. The third-order valence-corrected chi connectivity index (χ3v) is 4.07. The van der Waals surface area contributed by atoms with Gasteiger partial charge in [-0.1, -0.05) is 48.3 Å². The van der Waals surface area contributed by atoms with Crippen LogP contribution in [0.15, 0.2) is 34.9 Å². The molecule has 1 atom stereocenters. The minimum Gasteiger partial charge on any atom is -0.468 e. The van der Waals surface area contributed by atoms with Crippen molar-refractivity contribution in [2.75, 3.05) is 7.11 Å². The second-order valence-corrected chi connectivity index (χ2v) is 5.37. The predicted molar refractivity (Wildman–Crippen MR) is 76.4 cm³/mol. The summed E-state index contributed by atoms with van der Waals surface area (Å²) in [6.07, 6.45) is 4.28. The van der Waals surface area contributed by atoms with Gasteiger partial charge >= 0.3 is 5.97 Å². The Hall–Kier alpha value is -2.17. The van der Waals surface area contributed by atoms with Crippen molar-refractivity contribution in [3.05, 3.63) is 36.2 Å². The van der Waals surface area contributed by atoms with Crippen LogP contribution < -0.4 is 0 Å². The Bertz CT molecular complexity index is 603. The molecule has 0 spiro atoms. The maximum Gasteiger partial charge on any atom is 0.318 e. The third kappa shape index (κ3) is 2.82. The van der Waals surface area contributed by atoms with E-state index in [9.17, 15) is 4.79 Å². The van der Waals surface area contributed by atoms with Gasteiger partial charge in [-0.25, -0.2) is 0 Å². The number of aromatic nitrogens is 2. The van der Waals surface area contributed by atoms with Crippen LogP contribution in [0.2, 0.25) is 0 Å². The molecule has 3 rings (SSSR count). The molecule has 0 N–H and O–H groups in total. The summed E-state index contributed by atoms with van der Waals surface area (Å²) >= 11 is 0. The molecular weight excluding hydrogens is 268 g/mol. The second kappa shape index (κ2) is 6.08. The van der Waals surface area contributed by atoms with E-state index in [1.807, 2.05) is 30.3 Å². The minimum absolute atomic E-state index is 0.238.